The number of halogens is 8. The molecule has 0 radical (unpaired) electrons. The molecule has 2 rings (SSSR count). The van der Waals surface area contributed by atoms with Crippen molar-refractivity contribution < 1.29 is 35.1 Å². The van der Waals surface area contributed by atoms with Crippen molar-refractivity contribution >= 4 is 0 Å². The van der Waals surface area contributed by atoms with Crippen LogP contribution in [0.5, 0.6) is 0 Å². The summed E-state index contributed by atoms with van der Waals surface area (Å²) in [6.45, 7) is 0. The van der Waals surface area contributed by atoms with E-state index in [1.165, 1.54) is 0 Å². The van der Waals surface area contributed by atoms with Crippen LogP contribution in [0.3, 0.4) is 0 Å². The third kappa shape index (κ3) is 3.02. The van der Waals surface area contributed by atoms with Crippen molar-refractivity contribution in [2.75, 3.05) is 0 Å². The summed E-state index contributed by atoms with van der Waals surface area (Å²) in [4.78, 5) is 2.51. The molecule has 0 bridgehead atoms. The lowest BCUT2D eigenvalue weighted by Crippen LogP contribution is -2.13. The van der Waals surface area contributed by atoms with Gasteiger partial charge in [-0.1, -0.05) is 18.2 Å². The van der Waals surface area contributed by atoms with Crippen LogP contribution in [0.4, 0.5) is 35.1 Å². The fourth-order valence-electron chi connectivity index (χ4n) is 1.82. The molecular formula is C13H5F8N. The SMILES string of the molecule is Fc1cc(C(F)(F)F)nc(F)c1-c1ccccc1C(F)(F)F. The summed E-state index contributed by atoms with van der Waals surface area (Å²) in [6.07, 6.45) is -10.1. The zero-order chi connectivity index (χ0) is 16.7. The molecule has 22 heavy (non-hydrogen) atoms. The van der Waals surface area contributed by atoms with E-state index < -0.39 is 46.5 Å². The minimum Gasteiger partial charge on any atom is -0.214 e. The normalized spacial score (nSPS) is 12.5. The molecule has 0 saturated heterocycles. The monoisotopic (exact) mass is 327 g/mol. The molecule has 1 heterocycles. The van der Waals surface area contributed by atoms with Crippen molar-refractivity contribution in [2.45, 2.75) is 12.4 Å². The van der Waals surface area contributed by atoms with E-state index in [2.05, 4.69) is 4.98 Å². The fraction of sp³-hybridized carbons (Fsp3) is 0.154. The second-order valence-corrected chi connectivity index (χ2v) is 4.20. The van der Waals surface area contributed by atoms with E-state index in [1.54, 1.807) is 0 Å². The lowest BCUT2D eigenvalue weighted by atomic mass is 9.99. The van der Waals surface area contributed by atoms with Gasteiger partial charge in [-0.2, -0.15) is 30.7 Å². The number of benzene rings is 1. The highest BCUT2D eigenvalue weighted by molar-refractivity contribution is 5.68. The van der Waals surface area contributed by atoms with Gasteiger partial charge in [0.05, 0.1) is 11.1 Å². The molecule has 0 unspecified atom stereocenters. The average Bonchev–Trinajstić information content (AvgIpc) is 2.36. The minimum absolute atomic E-state index is 0.147. The van der Waals surface area contributed by atoms with Crippen LogP contribution < -0.4 is 0 Å². The third-order valence-electron chi connectivity index (χ3n) is 2.72. The summed E-state index contributed by atoms with van der Waals surface area (Å²) in [5.41, 5.74) is -5.43. The number of alkyl halides is 6. The largest absolute Gasteiger partial charge is 0.433 e. The quantitative estimate of drug-likeness (QED) is 0.527. The Morgan fingerprint density at radius 2 is 1.41 bits per heavy atom. The Bertz CT molecular complexity index is 679. The Labute approximate surface area is 118 Å². The van der Waals surface area contributed by atoms with Gasteiger partial charge in [-0.3, -0.25) is 0 Å². The molecule has 0 amide bonds. The smallest absolute Gasteiger partial charge is 0.214 e. The highest BCUT2D eigenvalue weighted by Gasteiger charge is 2.37. The Kier molecular flexibility index (Phi) is 3.84. The number of pyridine rings is 1. The van der Waals surface area contributed by atoms with Crippen LogP contribution in [0.25, 0.3) is 11.1 Å². The maximum Gasteiger partial charge on any atom is 0.433 e. The topological polar surface area (TPSA) is 12.9 Å². The van der Waals surface area contributed by atoms with E-state index in [1.807, 2.05) is 0 Å². The van der Waals surface area contributed by atoms with E-state index in [0.29, 0.717) is 6.07 Å². The van der Waals surface area contributed by atoms with Gasteiger partial charge >= 0.3 is 12.4 Å². The van der Waals surface area contributed by atoms with Crippen LogP contribution in [0.2, 0.25) is 0 Å². The molecule has 0 aliphatic heterocycles. The first-order chi connectivity index (χ1) is 10.0. The molecular weight excluding hydrogens is 322 g/mol. The van der Waals surface area contributed by atoms with Crippen molar-refractivity contribution in [3.63, 3.8) is 0 Å². The first-order valence-corrected chi connectivity index (χ1v) is 5.61. The van der Waals surface area contributed by atoms with Crippen LogP contribution >= 0.6 is 0 Å². The molecule has 2 aromatic rings. The first kappa shape index (κ1) is 16.2. The van der Waals surface area contributed by atoms with Crippen LogP contribution in [0.1, 0.15) is 11.3 Å². The Hall–Kier alpha value is -2.19. The summed E-state index contributed by atoms with van der Waals surface area (Å²) in [7, 11) is 0. The molecule has 0 aliphatic rings. The van der Waals surface area contributed by atoms with E-state index in [0.717, 1.165) is 18.2 Å². The Balaban J connectivity index is 2.70. The molecule has 0 spiro atoms. The van der Waals surface area contributed by atoms with Crippen LogP contribution in [-0.4, -0.2) is 4.98 Å². The predicted octanol–water partition coefficient (Wildman–Crippen LogP) is 5.06. The van der Waals surface area contributed by atoms with Gasteiger partial charge in [0, 0.05) is 11.6 Å². The van der Waals surface area contributed by atoms with Gasteiger partial charge in [0.25, 0.3) is 0 Å². The zero-order valence-electron chi connectivity index (χ0n) is 10.4. The lowest BCUT2D eigenvalue weighted by Gasteiger charge is -2.14. The van der Waals surface area contributed by atoms with Crippen LogP contribution in [0.15, 0.2) is 30.3 Å². The van der Waals surface area contributed by atoms with Crippen molar-refractivity contribution in [1.29, 1.82) is 0 Å². The average molecular weight is 327 g/mol. The zero-order valence-corrected chi connectivity index (χ0v) is 10.4. The first-order valence-electron chi connectivity index (χ1n) is 5.61. The standard InChI is InChI=1S/C13H5F8N/c14-8-5-9(13(19,20)21)22-11(15)10(8)6-3-1-2-4-7(6)12(16,17)18/h1-5H. The molecule has 0 saturated carbocycles. The Morgan fingerprint density at radius 3 is 1.91 bits per heavy atom. The van der Waals surface area contributed by atoms with E-state index in [4.69, 9.17) is 0 Å². The molecule has 1 aromatic carbocycles. The number of nitrogens with zero attached hydrogens (tertiary/aromatic N) is 1. The van der Waals surface area contributed by atoms with Gasteiger partial charge in [0.2, 0.25) is 5.95 Å². The third-order valence-corrected chi connectivity index (χ3v) is 2.72. The summed E-state index contributed by atoms with van der Waals surface area (Å²) in [6, 6.07) is 3.22. The molecule has 118 valence electrons. The second kappa shape index (κ2) is 5.22. The van der Waals surface area contributed by atoms with Gasteiger partial charge in [0.15, 0.2) is 5.69 Å². The number of hydrogen-bond acceptors (Lipinski definition) is 1. The number of hydrogen-bond donors (Lipinski definition) is 0. The fourth-order valence-corrected chi connectivity index (χ4v) is 1.82. The Morgan fingerprint density at radius 1 is 0.818 bits per heavy atom. The van der Waals surface area contributed by atoms with E-state index >= 15 is 0 Å². The predicted molar refractivity (Wildman–Crippen MR) is 59.6 cm³/mol. The summed E-state index contributed by atoms with van der Waals surface area (Å²) >= 11 is 0. The van der Waals surface area contributed by atoms with Gasteiger partial charge in [0.1, 0.15) is 5.82 Å². The molecule has 1 aromatic heterocycles. The molecule has 0 N–H and O–H groups in total. The summed E-state index contributed by atoms with van der Waals surface area (Å²) in [5, 5.41) is 0. The maximum absolute atomic E-state index is 13.7. The second-order valence-electron chi connectivity index (χ2n) is 4.20. The van der Waals surface area contributed by atoms with Crippen molar-refractivity contribution in [3.05, 3.63) is 53.4 Å². The van der Waals surface area contributed by atoms with Crippen molar-refractivity contribution in [1.82, 2.24) is 4.98 Å². The van der Waals surface area contributed by atoms with Gasteiger partial charge in [-0.15, -0.1) is 0 Å². The lowest BCUT2D eigenvalue weighted by molar-refractivity contribution is -0.142. The molecule has 0 aliphatic carbocycles. The van der Waals surface area contributed by atoms with Gasteiger partial charge < -0.3 is 0 Å². The van der Waals surface area contributed by atoms with E-state index in [-0.39, 0.29) is 6.07 Å². The van der Waals surface area contributed by atoms with Gasteiger partial charge in [-0.25, -0.2) is 9.37 Å². The minimum atomic E-state index is -5.12. The molecule has 0 fully saturated rings. The van der Waals surface area contributed by atoms with E-state index in [9.17, 15) is 35.1 Å². The van der Waals surface area contributed by atoms with Gasteiger partial charge in [-0.05, 0) is 6.07 Å². The number of rotatable bonds is 1. The number of aromatic nitrogens is 1. The van der Waals surface area contributed by atoms with Crippen LogP contribution in [-0.2, 0) is 12.4 Å². The molecule has 0 atom stereocenters. The highest BCUT2D eigenvalue weighted by Crippen LogP contribution is 2.39. The maximum atomic E-state index is 13.7. The summed E-state index contributed by atoms with van der Waals surface area (Å²) < 4.78 is 103. The molecule has 9 heteroatoms. The molecule has 1 nitrogen and oxygen atoms in total. The van der Waals surface area contributed by atoms with Crippen LogP contribution in [0, 0.1) is 11.8 Å². The summed E-state index contributed by atoms with van der Waals surface area (Å²) in [5.74, 6) is -3.75. The van der Waals surface area contributed by atoms with Crippen molar-refractivity contribution in [3.8, 4) is 11.1 Å². The highest BCUT2D eigenvalue weighted by atomic mass is 19.4. The van der Waals surface area contributed by atoms with Crippen molar-refractivity contribution in [2.24, 2.45) is 0 Å².